The quantitative estimate of drug-likeness (QED) is 0.795. The zero-order valence-corrected chi connectivity index (χ0v) is 9.06. The van der Waals surface area contributed by atoms with Crippen LogP contribution in [0.15, 0.2) is 18.2 Å². The molecule has 2 N–H and O–H groups in total. The average Bonchev–Trinajstić information content (AvgIpc) is 2.16. The minimum Gasteiger partial charge on any atom is -0.507 e. The van der Waals surface area contributed by atoms with Crippen LogP contribution in [0.2, 0.25) is 0 Å². The number of phenols is 1. The van der Waals surface area contributed by atoms with Crippen LogP contribution in [0.3, 0.4) is 0 Å². The number of rotatable bonds is 3. The highest BCUT2D eigenvalue weighted by molar-refractivity contribution is 5.90. The van der Waals surface area contributed by atoms with Gasteiger partial charge in [-0.25, -0.2) is 4.79 Å². The summed E-state index contributed by atoms with van der Waals surface area (Å²) in [6.07, 6.45) is 0. The lowest BCUT2D eigenvalue weighted by Gasteiger charge is -2.20. The van der Waals surface area contributed by atoms with Crippen molar-refractivity contribution in [2.75, 3.05) is 14.1 Å². The van der Waals surface area contributed by atoms with Crippen molar-refractivity contribution in [3.63, 3.8) is 0 Å². The van der Waals surface area contributed by atoms with Crippen LogP contribution in [0, 0.1) is 0 Å². The SMILES string of the molecule is CC(c1ccc(O)c(C(=O)O)c1)N(C)C. The Kier molecular flexibility index (Phi) is 3.31. The molecular weight excluding hydrogens is 194 g/mol. The van der Waals surface area contributed by atoms with Crippen molar-refractivity contribution < 1.29 is 15.0 Å². The van der Waals surface area contributed by atoms with Gasteiger partial charge in [-0.05, 0) is 38.7 Å². The second kappa shape index (κ2) is 4.31. The van der Waals surface area contributed by atoms with Crippen LogP contribution in [0.25, 0.3) is 0 Å². The topological polar surface area (TPSA) is 60.8 Å². The van der Waals surface area contributed by atoms with E-state index in [-0.39, 0.29) is 17.4 Å². The predicted octanol–water partition coefficient (Wildman–Crippen LogP) is 1.71. The van der Waals surface area contributed by atoms with E-state index in [2.05, 4.69) is 0 Å². The molecule has 0 aromatic heterocycles. The zero-order chi connectivity index (χ0) is 11.6. The Morgan fingerprint density at radius 3 is 2.47 bits per heavy atom. The van der Waals surface area contributed by atoms with E-state index < -0.39 is 5.97 Å². The second-order valence-corrected chi connectivity index (χ2v) is 3.72. The summed E-state index contributed by atoms with van der Waals surface area (Å²) < 4.78 is 0. The maximum Gasteiger partial charge on any atom is 0.339 e. The first-order valence-electron chi connectivity index (χ1n) is 4.66. The third-order valence-corrected chi connectivity index (χ3v) is 2.51. The molecule has 4 nitrogen and oxygen atoms in total. The van der Waals surface area contributed by atoms with Gasteiger partial charge in [0.05, 0.1) is 0 Å². The molecule has 1 aromatic rings. The van der Waals surface area contributed by atoms with Gasteiger partial charge in [-0.15, -0.1) is 0 Å². The Labute approximate surface area is 88.8 Å². The Balaban J connectivity index is 3.13. The van der Waals surface area contributed by atoms with Crippen molar-refractivity contribution in [2.45, 2.75) is 13.0 Å². The number of carboxylic acid groups (broad SMARTS) is 1. The fourth-order valence-electron chi connectivity index (χ4n) is 1.28. The standard InChI is InChI=1S/C11H15NO3/c1-7(12(2)3)8-4-5-10(13)9(6-8)11(14)15/h4-7,13H,1-3H3,(H,14,15). The molecule has 1 rings (SSSR count). The van der Waals surface area contributed by atoms with Crippen LogP contribution in [0.5, 0.6) is 5.75 Å². The maximum atomic E-state index is 10.8. The Hall–Kier alpha value is -1.55. The lowest BCUT2D eigenvalue weighted by Crippen LogP contribution is -2.17. The lowest BCUT2D eigenvalue weighted by molar-refractivity contribution is 0.0693. The Morgan fingerprint density at radius 2 is 2.00 bits per heavy atom. The number of nitrogens with zero attached hydrogens (tertiary/aromatic N) is 1. The largest absolute Gasteiger partial charge is 0.507 e. The molecule has 1 unspecified atom stereocenters. The first-order chi connectivity index (χ1) is 6.93. The fraction of sp³-hybridized carbons (Fsp3) is 0.364. The zero-order valence-electron chi connectivity index (χ0n) is 9.06. The van der Waals surface area contributed by atoms with E-state index in [9.17, 15) is 9.90 Å². The summed E-state index contributed by atoms with van der Waals surface area (Å²) in [5.41, 5.74) is 0.816. The van der Waals surface area contributed by atoms with E-state index in [1.54, 1.807) is 6.07 Å². The maximum absolute atomic E-state index is 10.8. The number of carboxylic acids is 1. The normalized spacial score (nSPS) is 12.8. The molecule has 1 aromatic carbocycles. The molecular formula is C11H15NO3. The molecule has 0 fully saturated rings. The molecule has 0 aliphatic heterocycles. The number of aromatic hydroxyl groups is 1. The van der Waals surface area contributed by atoms with Gasteiger partial charge in [0.2, 0.25) is 0 Å². The predicted molar refractivity (Wildman–Crippen MR) is 57.2 cm³/mol. The molecule has 1 atom stereocenters. The highest BCUT2D eigenvalue weighted by Gasteiger charge is 2.14. The molecule has 0 saturated heterocycles. The van der Waals surface area contributed by atoms with Crippen molar-refractivity contribution in [3.8, 4) is 5.75 Å². The van der Waals surface area contributed by atoms with Crippen molar-refractivity contribution >= 4 is 5.97 Å². The van der Waals surface area contributed by atoms with Gasteiger partial charge in [0.15, 0.2) is 0 Å². The van der Waals surface area contributed by atoms with Crippen molar-refractivity contribution in [1.29, 1.82) is 0 Å². The highest BCUT2D eigenvalue weighted by atomic mass is 16.4. The molecule has 0 aliphatic rings. The smallest absolute Gasteiger partial charge is 0.339 e. The number of aromatic carboxylic acids is 1. The number of hydrogen-bond acceptors (Lipinski definition) is 3. The molecule has 0 heterocycles. The first kappa shape index (κ1) is 11.5. The van der Waals surface area contributed by atoms with Crippen LogP contribution in [-0.2, 0) is 0 Å². The second-order valence-electron chi connectivity index (χ2n) is 3.72. The molecule has 0 bridgehead atoms. The highest BCUT2D eigenvalue weighted by Crippen LogP contribution is 2.24. The summed E-state index contributed by atoms with van der Waals surface area (Å²) >= 11 is 0. The molecule has 0 amide bonds. The number of benzene rings is 1. The third-order valence-electron chi connectivity index (χ3n) is 2.51. The van der Waals surface area contributed by atoms with Gasteiger partial charge in [-0.2, -0.15) is 0 Å². The van der Waals surface area contributed by atoms with Crippen molar-refractivity contribution in [3.05, 3.63) is 29.3 Å². The van der Waals surface area contributed by atoms with E-state index in [1.807, 2.05) is 25.9 Å². The average molecular weight is 209 g/mol. The van der Waals surface area contributed by atoms with Crippen LogP contribution in [0.4, 0.5) is 0 Å². The number of carbonyl (C=O) groups is 1. The molecule has 0 aliphatic carbocycles. The van der Waals surface area contributed by atoms with E-state index in [0.717, 1.165) is 5.56 Å². The summed E-state index contributed by atoms with van der Waals surface area (Å²) in [6, 6.07) is 4.76. The van der Waals surface area contributed by atoms with Gasteiger partial charge < -0.3 is 15.1 Å². The number of hydrogen-bond donors (Lipinski definition) is 2. The molecule has 82 valence electrons. The van der Waals surface area contributed by atoms with Crippen LogP contribution in [-0.4, -0.2) is 35.2 Å². The van der Waals surface area contributed by atoms with Gasteiger partial charge in [0, 0.05) is 6.04 Å². The summed E-state index contributed by atoms with van der Waals surface area (Å²) in [5.74, 6) is -1.31. The van der Waals surface area contributed by atoms with Gasteiger partial charge in [-0.3, -0.25) is 0 Å². The van der Waals surface area contributed by atoms with Gasteiger partial charge in [-0.1, -0.05) is 6.07 Å². The van der Waals surface area contributed by atoms with Crippen molar-refractivity contribution in [2.24, 2.45) is 0 Å². The molecule has 0 radical (unpaired) electrons. The minimum absolute atomic E-state index is 0.0544. The summed E-state index contributed by atoms with van der Waals surface area (Å²) in [6.45, 7) is 1.97. The minimum atomic E-state index is -1.11. The van der Waals surface area contributed by atoms with Crippen LogP contribution < -0.4 is 0 Å². The van der Waals surface area contributed by atoms with Gasteiger partial charge in [0.1, 0.15) is 11.3 Å². The summed E-state index contributed by atoms with van der Waals surface area (Å²) in [7, 11) is 3.83. The van der Waals surface area contributed by atoms with Gasteiger partial charge >= 0.3 is 5.97 Å². The summed E-state index contributed by atoms with van der Waals surface area (Å²) in [5, 5.41) is 18.2. The van der Waals surface area contributed by atoms with E-state index in [0.29, 0.717) is 0 Å². The molecule has 15 heavy (non-hydrogen) atoms. The third kappa shape index (κ3) is 2.47. The monoisotopic (exact) mass is 209 g/mol. The van der Waals surface area contributed by atoms with Crippen molar-refractivity contribution in [1.82, 2.24) is 4.90 Å². The fourth-order valence-corrected chi connectivity index (χ4v) is 1.28. The van der Waals surface area contributed by atoms with Gasteiger partial charge in [0.25, 0.3) is 0 Å². The van der Waals surface area contributed by atoms with E-state index in [4.69, 9.17) is 5.11 Å². The Morgan fingerprint density at radius 1 is 1.40 bits per heavy atom. The van der Waals surface area contributed by atoms with E-state index >= 15 is 0 Å². The Bertz CT molecular complexity index is 374. The van der Waals surface area contributed by atoms with Crippen LogP contribution in [0.1, 0.15) is 28.9 Å². The van der Waals surface area contributed by atoms with E-state index in [1.165, 1.54) is 12.1 Å². The lowest BCUT2D eigenvalue weighted by atomic mass is 10.0. The molecule has 0 spiro atoms. The molecule has 0 saturated carbocycles. The summed E-state index contributed by atoms with van der Waals surface area (Å²) in [4.78, 5) is 12.8. The first-order valence-corrected chi connectivity index (χ1v) is 4.66. The van der Waals surface area contributed by atoms with Crippen LogP contribution >= 0.6 is 0 Å². The molecule has 4 heteroatoms.